The summed E-state index contributed by atoms with van der Waals surface area (Å²) in [6.07, 6.45) is 0.751. The third kappa shape index (κ3) is 3.55. The molecular formula is C15H21NO3. The summed E-state index contributed by atoms with van der Waals surface area (Å²) in [5.41, 5.74) is 1.08. The van der Waals surface area contributed by atoms with Gasteiger partial charge in [0, 0.05) is 19.7 Å². The van der Waals surface area contributed by atoms with Gasteiger partial charge >= 0.3 is 0 Å². The van der Waals surface area contributed by atoms with Gasteiger partial charge in [0.05, 0.1) is 18.6 Å². The summed E-state index contributed by atoms with van der Waals surface area (Å²) in [7, 11) is 0. The van der Waals surface area contributed by atoms with Gasteiger partial charge in [-0.2, -0.15) is 0 Å². The zero-order valence-corrected chi connectivity index (χ0v) is 11.3. The molecule has 1 N–H and O–H groups in total. The summed E-state index contributed by atoms with van der Waals surface area (Å²) in [6.45, 7) is 3.49. The molecule has 0 aliphatic carbocycles. The lowest BCUT2D eigenvalue weighted by Crippen LogP contribution is -2.39. The zero-order chi connectivity index (χ0) is 13.7. The van der Waals surface area contributed by atoms with Crippen LogP contribution in [0.3, 0.4) is 0 Å². The molecule has 2 atom stereocenters. The van der Waals surface area contributed by atoms with Crippen LogP contribution in [0.1, 0.15) is 18.9 Å². The van der Waals surface area contributed by atoms with Gasteiger partial charge in [0.1, 0.15) is 0 Å². The molecule has 0 bridgehead atoms. The summed E-state index contributed by atoms with van der Waals surface area (Å²) >= 11 is 0. The van der Waals surface area contributed by atoms with Gasteiger partial charge in [-0.25, -0.2) is 0 Å². The van der Waals surface area contributed by atoms with Crippen LogP contribution in [-0.2, 0) is 16.1 Å². The van der Waals surface area contributed by atoms with Crippen molar-refractivity contribution in [1.29, 1.82) is 0 Å². The van der Waals surface area contributed by atoms with Gasteiger partial charge in [0.15, 0.2) is 0 Å². The Bertz CT molecular complexity index is 407. The Hall–Kier alpha value is -1.39. The van der Waals surface area contributed by atoms with E-state index in [1.165, 1.54) is 0 Å². The molecule has 104 valence electrons. The fourth-order valence-electron chi connectivity index (χ4n) is 2.48. The van der Waals surface area contributed by atoms with Crippen LogP contribution in [0.4, 0.5) is 0 Å². The molecule has 1 aliphatic rings. The van der Waals surface area contributed by atoms with Crippen LogP contribution in [0.5, 0.6) is 0 Å². The molecule has 0 radical (unpaired) electrons. The van der Waals surface area contributed by atoms with Gasteiger partial charge in [0.25, 0.3) is 0 Å². The molecular weight excluding hydrogens is 242 g/mol. The van der Waals surface area contributed by atoms with Crippen molar-refractivity contribution in [2.24, 2.45) is 5.92 Å². The summed E-state index contributed by atoms with van der Waals surface area (Å²) in [4.78, 5) is 14.2. The summed E-state index contributed by atoms with van der Waals surface area (Å²) < 4.78 is 5.46. The number of ether oxygens (including phenoxy) is 1. The Morgan fingerprint density at radius 2 is 2.16 bits per heavy atom. The van der Waals surface area contributed by atoms with Crippen LogP contribution < -0.4 is 0 Å². The van der Waals surface area contributed by atoms with Crippen molar-refractivity contribution in [1.82, 2.24) is 4.90 Å². The molecule has 1 saturated heterocycles. The Morgan fingerprint density at radius 1 is 1.42 bits per heavy atom. The highest BCUT2D eigenvalue weighted by molar-refractivity contribution is 5.79. The average molecular weight is 263 g/mol. The van der Waals surface area contributed by atoms with E-state index in [-0.39, 0.29) is 24.5 Å². The molecule has 0 aromatic heterocycles. The van der Waals surface area contributed by atoms with Crippen molar-refractivity contribution in [3.63, 3.8) is 0 Å². The fourth-order valence-corrected chi connectivity index (χ4v) is 2.48. The molecule has 1 fully saturated rings. The van der Waals surface area contributed by atoms with Crippen LogP contribution in [0, 0.1) is 5.92 Å². The molecule has 0 saturated carbocycles. The smallest absolute Gasteiger partial charge is 0.228 e. The molecule has 1 aromatic rings. The normalized spacial score (nSPS) is 22.4. The number of rotatable bonds is 5. The number of benzene rings is 1. The van der Waals surface area contributed by atoms with Crippen molar-refractivity contribution in [2.75, 3.05) is 19.8 Å². The molecule has 2 rings (SSSR count). The molecule has 0 spiro atoms. The van der Waals surface area contributed by atoms with E-state index in [1.807, 2.05) is 37.3 Å². The number of aliphatic hydroxyl groups excluding tert-OH is 1. The minimum absolute atomic E-state index is 0.0134. The van der Waals surface area contributed by atoms with Gasteiger partial charge in [-0.3, -0.25) is 4.79 Å². The van der Waals surface area contributed by atoms with Gasteiger partial charge in [-0.15, -0.1) is 0 Å². The van der Waals surface area contributed by atoms with Crippen molar-refractivity contribution < 1.29 is 14.6 Å². The number of carbonyl (C=O) groups excluding carboxylic acids is 1. The first-order chi connectivity index (χ1) is 9.22. The highest BCUT2D eigenvalue weighted by Gasteiger charge is 2.33. The van der Waals surface area contributed by atoms with Crippen LogP contribution in [-0.4, -0.2) is 41.8 Å². The predicted molar refractivity (Wildman–Crippen MR) is 72.5 cm³/mol. The Labute approximate surface area is 114 Å². The van der Waals surface area contributed by atoms with E-state index < -0.39 is 0 Å². The standard InChI is InChI=1S/C15H21NO3/c1-12-14(7-10-19-12)15(18)16(8-9-17)11-13-5-3-2-4-6-13/h2-6,12,14,17H,7-11H2,1H3. The third-order valence-electron chi connectivity index (χ3n) is 3.59. The van der Waals surface area contributed by atoms with E-state index in [2.05, 4.69) is 0 Å². The molecule has 2 unspecified atom stereocenters. The van der Waals surface area contributed by atoms with Crippen LogP contribution >= 0.6 is 0 Å². The van der Waals surface area contributed by atoms with E-state index >= 15 is 0 Å². The quantitative estimate of drug-likeness (QED) is 0.874. The number of hydrogen-bond acceptors (Lipinski definition) is 3. The molecule has 19 heavy (non-hydrogen) atoms. The highest BCUT2D eigenvalue weighted by atomic mass is 16.5. The Balaban J connectivity index is 2.04. The second kappa shape index (κ2) is 6.68. The van der Waals surface area contributed by atoms with Crippen LogP contribution in [0.2, 0.25) is 0 Å². The van der Waals surface area contributed by atoms with E-state index in [0.29, 0.717) is 19.7 Å². The van der Waals surface area contributed by atoms with Gasteiger partial charge in [-0.1, -0.05) is 30.3 Å². The monoisotopic (exact) mass is 263 g/mol. The number of amides is 1. The van der Waals surface area contributed by atoms with Crippen molar-refractivity contribution >= 4 is 5.91 Å². The highest BCUT2D eigenvalue weighted by Crippen LogP contribution is 2.23. The van der Waals surface area contributed by atoms with Crippen molar-refractivity contribution in [2.45, 2.75) is 26.0 Å². The van der Waals surface area contributed by atoms with E-state index in [4.69, 9.17) is 9.84 Å². The summed E-state index contributed by atoms with van der Waals surface area (Å²) in [5.74, 6) is 0.0122. The maximum absolute atomic E-state index is 12.5. The largest absolute Gasteiger partial charge is 0.395 e. The first-order valence-corrected chi connectivity index (χ1v) is 6.77. The van der Waals surface area contributed by atoms with E-state index in [1.54, 1.807) is 4.90 Å². The SMILES string of the molecule is CC1OCCC1C(=O)N(CCO)Cc1ccccc1. The maximum atomic E-state index is 12.5. The lowest BCUT2D eigenvalue weighted by atomic mass is 10.0. The maximum Gasteiger partial charge on any atom is 0.228 e. The van der Waals surface area contributed by atoms with Gasteiger partial charge in [0.2, 0.25) is 5.91 Å². The van der Waals surface area contributed by atoms with Gasteiger partial charge < -0.3 is 14.7 Å². The molecule has 1 amide bonds. The van der Waals surface area contributed by atoms with Crippen molar-refractivity contribution in [3.05, 3.63) is 35.9 Å². The fraction of sp³-hybridized carbons (Fsp3) is 0.533. The molecule has 1 heterocycles. The van der Waals surface area contributed by atoms with Crippen LogP contribution in [0.15, 0.2) is 30.3 Å². The Morgan fingerprint density at radius 3 is 2.74 bits per heavy atom. The van der Waals surface area contributed by atoms with Crippen LogP contribution in [0.25, 0.3) is 0 Å². The lowest BCUT2D eigenvalue weighted by molar-refractivity contribution is -0.138. The minimum atomic E-state index is -0.0738. The number of carbonyl (C=O) groups is 1. The zero-order valence-electron chi connectivity index (χ0n) is 11.3. The molecule has 4 nitrogen and oxygen atoms in total. The second-order valence-electron chi connectivity index (χ2n) is 4.94. The minimum Gasteiger partial charge on any atom is -0.395 e. The molecule has 4 heteroatoms. The first kappa shape index (κ1) is 14.0. The van der Waals surface area contributed by atoms with Crippen molar-refractivity contribution in [3.8, 4) is 0 Å². The third-order valence-corrected chi connectivity index (χ3v) is 3.59. The number of aliphatic hydroxyl groups is 1. The Kier molecular flexibility index (Phi) is 4.93. The van der Waals surface area contributed by atoms with E-state index in [9.17, 15) is 4.79 Å². The second-order valence-corrected chi connectivity index (χ2v) is 4.94. The first-order valence-electron chi connectivity index (χ1n) is 6.77. The number of nitrogens with zero attached hydrogens (tertiary/aromatic N) is 1. The average Bonchev–Trinajstić information content (AvgIpc) is 2.85. The van der Waals surface area contributed by atoms with E-state index in [0.717, 1.165) is 12.0 Å². The summed E-state index contributed by atoms with van der Waals surface area (Å²) in [5, 5.41) is 9.15. The summed E-state index contributed by atoms with van der Waals surface area (Å²) in [6, 6.07) is 9.85. The van der Waals surface area contributed by atoms with Gasteiger partial charge in [-0.05, 0) is 18.9 Å². The molecule has 1 aromatic carbocycles. The lowest BCUT2D eigenvalue weighted by Gasteiger charge is -2.26. The molecule has 1 aliphatic heterocycles. The topological polar surface area (TPSA) is 49.8 Å². The predicted octanol–water partition coefficient (Wildman–Crippen LogP) is 1.43. The number of hydrogen-bond donors (Lipinski definition) is 1.